The van der Waals surface area contributed by atoms with E-state index in [2.05, 4.69) is 23.7 Å². The van der Waals surface area contributed by atoms with E-state index in [1.165, 1.54) is 12.8 Å². The highest BCUT2D eigenvalue weighted by Crippen LogP contribution is 2.44. The molecule has 20 heavy (non-hydrogen) atoms. The van der Waals surface area contributed by atoms with E-state index in [4.69, 9.17) is 23.1 Å². The van der Waals surface area contributed by atoms with Crippen LogP contribution in [-0.4, -0.2) is 28.5 Å². The highest BCUT2D eigenvalue weighted by Gasteiger charge is 2.44. The first-order valence-corrected chi connectivity index (χ1v) is 7.84. The Morgan fingerprint density at radius 2 is 1.95 bits per heavy atom. The summed E-state index contributed by atoms with van der Waals surface area (Å²) >= 11 is 6.07. The van der Waals surface area contributed by atoms with Gasteiger partial charge in [-0.05, 0) is 32.0 Å². The fourth-order valence-corrected chi connectivity index (χ4v) is 3.83. The lowest BCUT2D eigenvalue weighted by atomic mass is 9.82. The summed E-state index contributed by atoms with van der Waals surface area (Å²) in [7, 11) is 0. The highest BCUT2D eigenvalue weighted by molar-refractivity contribution is 6.30. The minimum atomic E-state index is -0.143. The molecular weight excluding hydrogens is 272 g/mol. The molecule has 0 aromatic carbocycles. The van der Waals surface area contributed by atoms with Gasteiger partial charge in [-0.1, -0.05) is 38.3 Å². The van der Waals surface area contributed by atoms with Gasteiger partial charge in [0.05, 0.1) is 11.1 Å². The van der Waals surface area contributed by atoms with Crippen LogP contribution in [0.15, 0.2) is 12.3 Å². The molecule has 1 aromatic rings. The summed E-state index contributed by atoms with van der Waals surface area (Å²) < 4.78 is 0. The van der Waals surface area contributed by atoms with E-state index in [0.717, 1.165) is 31.5 Å². The lowest BCUT2D eigenvalue weighted by Gasteiger charge is -2.45. The van der Waals surface area contributed by atoms with E-state index in [1.807, 2.05) is 6.07 Å². The van der Waals surface area contributed by atoms with Gasteiger partial charge in [0, 0.05) is 17.3 Å². The zero-order valence-electron chi connectivity index (χ0n) is 12.4. The van der Waals surface area contributed by atoms with Crippen LogP contribution in [0.4, 0.5) is 5.82 Å². The van der Waals surface area contributed by atoms with Crippen molar-refractivity contribution in [3.63, 3.8) is 0 Å². The molecule has 2 rings (SSSR count). The lowest BCUT2D eigenvalue weighted by molar-refractivity contribution is 0.0772. The smallest absolute Gasteiger partial charge is 0.128 e. The second kappa shape index (κ2) is 6.29. The predicted molar refractivity (Wildman–Crippen MR) is 84.7 cm³/mol. The first-order chi connectivity index (χ1) is 9.55. The number of halogens is 1. The van der Waals surface area contributed by atoms with E-state index >= 15 is 0 Å². The number of anilines is 1. The Bertz CT molecular complexity index is 453. The number of nitrogens with two attached hydrogens (primary N) is 2. The van der Waals surface area contributed by atoms with Crippen molar-refractivity contribution in [1.29, 1.82) is 0 Å². The van der Waals surface area contributed by atoms with Crippen molar-refractivity contribution in [3.8, 4) is 0 Å². The number of aromatic nitrogens is 1. The monoisotopic (exact) mass is 296 g/mol. The minimum absolute atomic E-state index is 0.00994. The molecule has 1 atom stereocenters. The average Bonchev–Trinajstić information content (AvgIpc) is 2.93. The summed E-state index contributed by atoms with van der Waals surface area (Å²) in [5.74, 6) is 0.500. The number of pyridine rings is 1. The van der Waals surface area contributed by atoms with Gasteiger partial charge in [0.1, 0.15) is 5.82 Å². The molecule has 1 heterocycles. The van der Waals surface area contributed by atoms with Crippen molar-refractivity contribution in [2.24, 2.45) is 5.73 Å². The molecule has 4 N–H and O–H groups in total. The molecule has 0 aliphatic heterocycles. The number of hydrogen-bond donors (Lipinski definition) is 2. The molecule has 4 nitrogen and oxygen atoms in total. The quantitative estimate of drug-likeness (QED) is 0.876. The third-order valence-corrected chi connectivity index (χ3v) is 4.90. The van der Waals surface area contributed by atoms with Crippen LogP contribution < -0.4 is 11.5 Å². The maximum atomic E-state index is 6.64. The maximum Gasteiger partial charge on any atom is 0.128 e. The van der Waals surface area contributed by atoms with E-state index in [0.29, 0.717) is 10.8 Å². The van der Waals surface area contributed by atoms with Gasteiger partial charge < -0.3 is 11.5 Å². The summed E-state index contributed by atoms with van der Waals surface area (Å²) in [6, 6.07) is 1.73. The van der Waals surface area contributed by atoms with Crippen LogP contribution in [-0.2, 0) is 0 Å². The topological polar surface area (TPSA) is 68.2 Å². The van der Waals surface area contributed by atoms with Gasteiger partial charge >= 0.3 is 0 Å². The number of nitrogen functional groups attached to an aromatic ring is 1. The van der Waals surface area contributed by atoms with Crippen LogP contribution in [0.5, 0.6) is 0 Å². The minimum Gasteiger partial charge on any atom is -0.383 e. The molecule has 5 heteroatoms. The van der Waals surface area contributed by atoms with Gasteiger partial charge in [-0.15, -0.1) is 0 Å². The molecule has 0 bridgehead atoms. The summed E-state index contributed by atoms with van der Waals surface area (Å²) in [6.45, 7) is 6.38. The number of rotatable bonds is 5. The zero-order valence-corrected chi connectivity index (χ0v) is 13.2. The van der Waals surface area contributed by atoms with Crippen LogP contribution in [0.25, 0.3) is 0 Å². The Balaban J connectivity index is 2.41. The Morgan fingerprint density at radius 1 is 1.35 bits per heavy atom. The zero-order chi connectivity index (χ0) is 14.8. The third-order valence-electron chi connectivity index (χ3n) is 4.69. The van der Waals surface area contributed by atoms with Crippen molar-refractivity contribution >= 4 is 17.4 Å². The largest absolute Gasteiger partial charge is 0.383 e. The van der Waals surface area contributed by atoms with Gasteiger partial charge in [-0.2, -0.15) is 0 Å². The molecule has 0 saturated heterocycles. The maximum absolute atomic E-state index is 6.64. The predicted octanol–water partition coefficient (Wildman–Crippen LogP) is 2.97. The molecule has 0 spiro atoms. The second-order valence-corrected chi connectivity index (χ2v) is 6.03. The molecule has 0 radical (unpaired) electrons. The van der Waals surface area contributed by atoms with Gasteiger partial charge in [0.2, 0.25) is 0 Å². The Hall–Kier alpha value is -0.840. The molecular formula is C15H25ClN4. The summed E-state index contributed by atoms with van der Waals surface area (Å²) in [6.07, 6.45) is 6.24. The van der Waals surface area contributed by atoms with Crippen LogP contribution >= 0.6 is 11.6 Å². The second-order valence-electron chi connectivity index (χ2n) is 5.59. The normalized spacial score (nSPS) is 19.4. The van der Waals surface area contributed by atoms with E-state index in [1.54, 1.807) is 6.20 Å². The van der Waals surface area contributed by atoms with Crippen LogP contribution in [0.2, 0.25) is 5.02 Å². The molecule has 1 aliphatic carbocycles. The van der Waals surface area contributed by atoms with E-state index in [9.17, 15) is 0 Å². The number of likely N-dealkylation sites (N-methyl/N-ethyl adjacent to an activating group) is 1. The lowest BCUT2D eigenvalue weighted by Crippen LogP contribution is -2.53. The Kier molecular flexibility index (Phi) is 4.89. The SMILES string of the molecule is CCN(CC)C1(C(N)c2cc(Cl)cnc2N)CCCC1. The van der Waals surface area contributed by atoms with Crippen molar-refractivity contribution in [2.45, 2.75) is 51.1 Å². The highest BCUT2D eigenvalue weighted by atomic mass is 35.5. The van der Waals surface area contributed by atoms with Crippen molar-refractivity contribution in [2.75, 3.05) is 18.8 Å². The molecule has 112 valence electrons. The first kappa shape index (κ1) is 15.5. The number of hydrogen-bond acceptors (Lipinski definition) is 4. The van der Waals surface area contributed by atoms with E-state index < -0.39 is 0 Å². The van der Waals surface area contributed by atoms with Gasteiger partial charge in [-0.3, -0.25) is 4.90 Å². The summed E-state index contributed by atoms with van der Waals surface area (Å²) in [4.78, 5) is 6.64. The number of nitrogens with zero attached hydrogens (tertiary/aromatic N) is 2. The molecule has 0 amide bonds. The van der Waals surface area contributed by atoms with Crippen LogP contribution in [0, 0.1) is 0 Å². The molecule has 1 saturated carbocycles. The van der Waals surface area contributed by atoms with Crippen LogP contribution in [0.1, 0.15) is 51.1 Å². The van der Waals surface area contributed by atoms with E-state index in [-0.39, 0.29) is 11.6 Å². The molecule has 1 unspecified atom stereocenters. The van der Waals surface area contributed by atoms with Crippen LogP contribution in [0.3, 0.4) is 0 Å². The average molecular weight is 297 g/mol. The fraction of sp³-hybridized carbons (Fsp3) is 0.667. The molecule has 1 fully saturated rings. The Labute approximate surface area is 126 Å². The third kappa shape index (κ3) is 2.65. The standard InChI is InChI=1S/C15H25ClN4/c1-3-20(4-2)15(7-5-6-8-15)13(17)12-9-11(16)10-19-14(12)18/h9-10,13H,3-8,17H2,1-2H3,(H2,18,19). The van der Waals surface area contributed by atoms with Crippen molar-refractivity contribution in [1.82, 2.24) is 9.88 Å². The first-order valence-electron chi connectivity index (χ1n) is 7.46. The van der Waals surface area contributed by atoms with Crippen molar-refractivity contribution < 1.29 is 0 Å². The van der Waals surface area contributed by atoms with Crippen molar-refractivity contribution in [3.05, 3.63) is 22.8 Å². The fourth-order valence-electron chi connectivity index (χ4n) is 3.67. The summed E-state index contributed by atoms with van der Waals surface area (Å²) in [5, 5.41) is 0.595. The van der Waals surface area contributed by atoms with Gasteiger partial charge in [0.25, 0.3) is 0 Å². The summed E-state index contributed by atoms with van der Waals surface area (Å²) in [5.41, 5.74) is 13.5. The molecule has 1 aromatic heterocycles. The molecule has 1 aliphatic rings. The Morgan fingerprint density at radius 3 is 2.50 bits per heavy atom. The van der Waals surface area contributed by atoms with Gasteiger partial charge in [0.15, 0.2) is 0 Å². The van der Waals surface area contributed by atoms with Gasteiger partial charge in [-0.25, -0.2) is 4.98 Å².